The number of rotatable bonds is 9. The molecular weight excluding hydrogens is 312 g/mol. The smallest absolute Gasteiger partial charge is 0.160 e. The van der Waals surface area contributed by atoms with Crippen molar-refractivity contribution < 1.29 is 19.0 Å². The highest BCUT2D eigenvalue weighted by Gasteiger charge is 2.06. The van der Waals surface area contributed by atoms with Gasteiger partial charge in [-0.3, -0.25) is 4.79 Å². The summed E-state index contributed by atoms with van der Waals surface area (Å²) in [4.78, 5) is 11.3. The first-order valence-electron chi connectivity index (χ1n) is 6.15. The van der Waals surface area contributed by atoms with E-state index in [0.29, 0.717) is 32.0 Å². The minimum atomic E-state index is 0.0277. The average molecular weight is 331 g/mol. The molecule has 0 unspecified atom stereocenters. The molecule has 0 atom stereocenters. The van der Waals surface area contributed by atoms with Gasteiger partial charge in [0.2, 0.25) is 0 Å². The van der Waals surface area contributed by atoms with Crippen molar-refractivity contribution in [1.82, 2.24) is 0 Å². The Labute approximate surface area is 122 Å². The second-order valence-electron chi connectivity index (χ2n) is 4.01. The van der Waals surface area contributed by atoms with Crippen LogP contribution in [0.4, 0.5) is 0 Å². The van der Waals surface area contributed by atoms with Gasteiger partial charge in [0.25, 0.3) is 0 Å². The van der Waals surface area contributed by atoms with Crippen molar-refractivity contribution >= 4 is 21.7 Å². The number of benzene rings is 1. The van der Waals surface area contributed by atoms with Gasteiger partial charge in [-0.15, -0.1) is 0 Å². The molecule has 4 nitrogen and oxygen atoms in total. The predicted octanol–water partition coefficient (Wildman–Crippen LogP) is 3.08. The minimum Gasteiger partial charge on any atom is -0.491 e. The first-order valence-corrected chi connectivity index (χ1v) is 6.94. The minimum absolute atomic E-state index is 0.0277. The molecule has 0 bridgehead atoms. The van der Waals surface area contributed by atoms with Crippen LogP contribution in [-0.4, -0.2) is 39.3 Å². The summed E-state index contributed by atoms with van der Waals surface area (Å²) < 4.78 is 16.6. The van der Waals surface area contributed by atoms with Crippen LogP contribution in [-0.2, 0) is 9.47 Å². The number of hydrogen-bond acceptors (Lipinski definition) is 4. The molecule has 0 saturated carbocycles. The summed E-state index contributed by atoms with van der Waals surface area (Å²) in [5, 5.41) is 0. The Hall–Kier alpha value is -0.910. The zero-order valence-electron chi connectivity index (χ0n) is 11.3. The van der Waals surface area contributed by atoms with Crippen molar-refractivity contribution in [2.24, 2.45) is 0 Å². The highest BCUT2D eigenvalue weighted by molar-refractivity contribution is 9.10. The quantitative estimate of drug-likeness (QED) is 0.515. The van der Waals surface area contributed by atoms with E-state index in [1.165, 1.54) is 6.92 Å². The molecule has 0 aliphatic heterocycles. The van der Waals surface area contributed by atoms with E-state index < -0.39 is 0 Å². The number of methoxy groups -OCH3 is 1. The fraction of sp³-hybridized carbons (Fsp3) is 0.500. The molecule has 19 heavy (non-hydrogen) atoms. The maximum Gasteiger partial charge on any atom is 0.160 e. The fourth-order valence-electron chi connectivity index (χ4n) is 1.50. The summed E-state index contributed by atoms with van der Waals surface area (Å²) in [6, 6.07) is 5.33. The third-order valence-corrected chi connectivity index (χ3v) is 3.11. The molecule has 1 rings (SSSR count). The second-order valence-corrected chi connectivity index (χ2v) is 4.86. The Bertz CT molecular complexity index is 406. The summed E-state index contributed by atoms with van der Waals surface area (Å²) in [6.45, 7) is 3.94. The number of carbonyl (C=O) groups excluding carboxylic acids is 1. The summed E-state index contributed by atoms with van der Waals surface area (Å²) >= 11 is 3.35. The molecule has 106 valence electrons. The zero-order chi connectivity index (χ0) is 14.1. The van der Waals surface area contributed by atoms with Gasteiger partial charge in [0.15, 0.2) is 5.78 Å². The molecule has 0 aliphatic rings. The highest BCUT2D eigenvalue weighted by Crippen LogP contribution is 2.23. The number of ether oxygens (including phenoxy) is 3. The van der Waals surface area contributed by atoms with Crippen molar-refractivity contribution in [3.05, 3.63) is 28.2 Å². The Morgan fingerprint density at radius 1 is 1.21 bits per heavy atom. The van der Waals surface area contributed by atoms with Crippen molar-refractivity contribution in [1.29, 1.82) is 0 Å². The van der Waals surface area contributed by atoms with Gasteiger partial charge in [0.05, 0.1) is 6.61 Å². The lowest BCUT2D eigenvalue weighted by molar-refractivity contribution is 0.0806. The Morgan fingerprint density at radius 2 is 2.00 bits per heavy atom. The van der Waals surface area contributed by atoms with E-state index in [1.54, 1.807) is 25.3 Å². The van der Waals surface area contributed by atoms with Gasteiger partial charge in [-0.25, -0.2) is 0 Å². The van der Waals surface area contributed by atoms with E-state index in [-0.39, 0.29) is 5.78 Å². The molecule has 0 N–H and O–H groups in total. The molecule has 5 heteroatoms. The number of halogens is 1. The van der Waals surface area contributed by atoms with Gasteiger partial charge in [-0.1, -0.05) is 0 Å². The van der Waals surface area contributed by atoms with Gasteiger partial charge in [0.1, 0.15) is 12.4 Å². The standard InChI is InChI=1S/C14H19BrO4/c1-11(16)13-5-4-12(10-14(13)15)19-9-8-18-7-3-6-17-2/h4-5,10H,3,6-9H2,1-2H3. The third kappa shape index (κ3) is 6.18. The molecule has 1 aromatic rings. The normalized spacial score (nSPS) is 10.5. The summed E-state index contributed by atoms with van der Waals surface area (Å²) in [7, 11) is 1.67. The van der Waals surface area contributed by atoms with Gasteiger partial charge in [-0.05, 0) is 47.5 Å². The maximum absolute atomic E-state index is 11.3. The van der Waals surface area contributed by atoms with E-state index in [9.17, 15) is 4.79 Å². The lowest BCUT2D eigenvalue weighted by Gasteiger charge is -2.08. The molecule has 0 fully saturated rings. The monoisotopic (exact) mass is 330 g/mol. The largest absolute Gasteiger partial charge is 0.491 e. The molecular formula is C14H19BrO4. The molecule has 0 aliphatic carbocycles. The number of hydrogen-bond donors (Lipinski definition) is 0. The van der Waals surface area contributed by atoms with Crippen LogP contribution >= 0.6 is 15.9 Å². The van der Waals surface area contributed by atoms with Crippen LogP contribution in [0.3, 0.4) is 0 Å². The summed E-state index contributed by atoms with van der Waals surface area (Å²) in [5.41, 5.74) is 0.656. The lowest BCUT2D eigenvalue weighted by atomic mass is 10.1. The van der Waals surface area contributed by atoms with Gasteiger partial charge in [0, 0.05) is 30.4 Å². The van der Waals surface area contributed by atoms with Crippen molar-refractivity contribution in [2.45, 2.75) is 13.3 Å². The number of Topliss-reactive ketones (excluding diaryl/α,β-unsaturated/α-hetero) is 1. The number of carbonyl (C=O) groups is 1. The average Bonchev–Trinajstić information content (AvgIpc) is 2.37. The van der Waals surface area contributed by atoms with E-state index in [0.717, 1.165) is 16.6 Å². The summed E-state index contributed by atoms with van der Waals surface area (Å²) in [5.74, 6) is 0.747. The topological polar surface area (TPSA) is 44.8 Å². The van der Waals surface area contributed by atoms with Crippen molar-refractivity contribution in [2.75, 3.05) is 33.5 Å². The van der Waals surface area contributed by atoms with Crippen LogP contribution < -0.4 is 4.74 Å². The van der Waals surface area contributed by atoms with Crippen molar-refractivity contribution in [3.8, 4) is 5.75 Å². The predicted molar refractivity (Wildman–Crippen MR) is 77.0 cm³/mol. The van der Waals surface area contributed by atoms with Crippen LogP contribution in [0.15, 0.2) is 22.7 Å². The van der Waals surface area contributed by atoms with Crippen LogP contribution in [0.1, 0.15) is 23.7 Å². The first-order chi connectivity index (χ1) is 9.15. The van der Waals surface area contributed by atoms with Crippen molar-refractivity contribution in [3.63, 3.8) is 0 Å². The van der Waals surface area contributed by atoms with Gasteiger partial charge < -0.3 is 14.2 Å². The second kappa shape index (κ2) is 9.07. The van der Waals surface area contributed by atoms with Crippen LogP contribution in [0.25, 0.3) is 0 Å². The van der Waals surface area contributed by atoms with Gasteiger partial charge in [-0.2, -0.15) is 0 Å². The highest BCUT2D eigenvalue weighted by atomic mass is 79.9. The molecule has 0 amide bonds. The Balaban J connectivity index is 2.26. The Kier molecular flexibility index (Phi) is 7.70. The molecule has 0 heterocycles. The van der Waals surface area contributed by atoms with Crippen LogP contribution in [0.2, 0.25) is 0 Å². The molecule has 0 saturated heterocycles. The maximum atomic E-state index is 11.3. The molecule has 0 aromatic heterocycles. The van der Waals surface area contributed by atoms with Crippen LogP contribution in [0.5, 0.6) is 5.75 Å². The zero-order valence-corrected chi connectivity index (χ0v) is 12.9. The van der Waals surface area contributed by atoms with E-state index in [4.69, 9.17) is 14.2 Å². The first kappa shape index (κ1) is 16.1. The Morgan fingerprint density at radius 3 is 2.63 bits per heavy atom. The fourth-order valence-corrected chi connectivity index (χ4v) is 2.13. The van der Waals surface area contributed by atoms with Gasteiger partial charge >= 0.3 is 0 Å². The number of ketones is 1. The molecule has 1 aromatic carbocycles. The third-order valence-electron chi connectivity index (χ3n) is 2.45. The molecule has 0 radical (unpaired) electrons. The van der Waals surface area contributed by atoms with Crippen LogP contribution in [0, 0.1) is 0 Å². The lowest BCUT2D eigenvalue weighted by Crippen LogP contribution is -2.08. The SMILES string of the molecule is COCCCOCCOc1ccc(C(C)=O)c(Br)c1. The van der Waals surface area contributed by atoms with E-state index >= 15 is 0 Å². The molecule has 0 spiro atoms. The summed E-state index contributed by atoms with van der Waals surface area (Å²) in [6.07, 6.45) is 0.884. The van der Waals surface area contributed by atoms with E-state index in [1.807, 2.05) is 0 Å². The van der Waals surface area contributed by atoms with E-state index in [2.05, 4.69) is 15.9 Å².